The Bertz CT molecular complexity index is 327. The van der Waals surface area contributed by atoms with E-state index < -0.39 is 0 Å². The SMILES string of the molecule is COCCNCC(=O)NC(C)c1ccccc1. The Morgan fingerprint density at radius 3 is 2.71 bits per heavy atom. The lowest BCUT2D eigenvalue weighted by molar-refractivity contribution is -0.120. The summed E-state index contributed by atoms with van der Waals surface area (Å²) in [6.45, 7) is 3.59. The molecule has 0 radical (unpaired) electrons. The lowest BCUT2D eigenvalue weighted by atomic mass is 10.1. The molecule has 0 saturated heterocycles. The Labute approximate surface area is 102 Å². The van der Waals surface area contributed by atoms with E-state index in [1.165, 1.54) is 0 Å². The van der Waals surface area contributed by atoms with E-state index in [1.54, 1.807) is 7.11 Å². The van der Waals surface area contributed by atoms with Crippen LogP contribution in [0.25, 0.3) is 0 Å². The molecule has 0 bridgehead atoms. The minimum atomic E-state index is -0.00236. The summed E-state index contributed by atoms with van der Waals surface area (Å²) >= 11 is 0. The summed E-state index contributed by atoms with van der Waals surface area (Å²) in [7, 11) is 1.64. The Balaban J connectivity index is 2.26. The molecule has 0 aromatic heterocycles. The van der Waals surface area contributed by atoms with Gasteiger partial charge in [-0.2, -0.15) is 0 Å². The van der Waals surface area contributed by atoms with Crippen molar-refractivity contribution in [3.05, 3.63) is 35.9 Å². The summed E-state index contributed by atoms with van der Waals surface area (Å²) in [5, 5.41) is 5.94. The quantitative estimate of drug-likeness (QED) is 0.697. The van der Waals surface area contributed by atoms with Crippen LogP contribution in [0.5, 0.6) is 0 Å². The fourth-order valence-electron chi connectivity index (χ4n) is 1.49. The molecule has 0 spiro atoms. The minimum absolute atomic E-state index is 0.00236. The largest absolute Gasteiger partial charge is 0.383 e. The summed E-state index contributed by atoms with van der Waals surface area (Å²) in [5.41, 5.74) is 1.11. The molecule has 4 heteroatoms. The summed E-state index contributed by atoms with van der Waals surface area (Å²) in [5.74, 6) is -0.00236. The zero-order valence-electron chi connectivity index (χ0n) is 10.4. The number of amides is 1. The molecule has 0 saturated carbocycles. The lowest BCUT2D eigenvalue weighted by Crippen LogP contribution is -2.36. The van der Waals surface area contributed by atoms with Gasteiger partial charge in [-0.25, -0.2) is 0 Å². The third kappa shape index (κ3) is 5.47. The van der Waals surface area contributed by atoms with E-state index in [0.717, 1.165) is 5.56 Å². The predicted octanol–water partition coefficient (Wildman–Crippen LogP) is 1.10. The van der Waals surface area contributed by atoms with Crippen molar-refractivity contribution in [1.82, 2.24) is 10.6 Å². The van der Waals surface area contributed by atoms with Crippen LogP contribution in [-0.4, -0.2) is 32.7 Å². The van der Waals surface area contributed by atoms with Gasteiger partial charge in [0.25, 0.3) is 0 Å². The van der Waals surface area contributed by atoms with Crippen LogP contribution >= 0.6 is 0 Å². The van der Waals surface area contributed by atoms with Crippen LogP contribution in [0.3, 0.4) is 0 Å². The van der Waals surface area contributed by atoms with Crippen molar-refractivity contribution in [3.8, 4) is 0 Å². The summed E-state index contributed by atoms with van der Waals surface area (Å²) < 4.78 is 4.88. The fourth-order valence-corrected chi connectivity index (χ4v) is 1.49. The molecule has 1 amide bonds. The van der Waals surface area contributed by atoms with Crippen molar-refractivity contribution in [1.29, 1.82) is 0 Å². The highest BCUT2D eigenvalue weighted by molar-refractivity contribution is 5.78. The number of hydrogen-bond acceptors (Lipinski definition) is 3. The lowest BCUT2D eigenvalue weighted by Gasteiger charge is -2.14. The van der Waals surface area contributed by atoms with Crippen molar-refractivity contribution in [3.63, 3.8) is 0 Å². The van der Waals surface area contributed by atoms with E-state index in [4.69, 9.17) is 4.74 Å². The molecule has 2 N–H and O–H groups in total. The van der Waals surface area contributed by atoms with Gasteiger partial charge >= 0.3 is 0 Å². The Hall–Kier alpha value is -1.39. The molecule has 94 valence electrons. The number of nitrogens with one attached hydrogen (secondary N) is 2. The second-order valence-corrected chi connectivity index (χ2v) is 3.87. The van der Waals surface area contributed by atoms with Crippen LogP contribution < -0.4 is 10.6 Å². The molecule has 17 heavy (non-hydrogen) atoms. The van der Waals surface area contributed by atoms with Gasteiger partial charge < -0.3 is 15.4 Å². The molecule has 1 unspecified atom stereocenters. The summed E-state index contributed by atoms with van der Waals surface area (Å²) in [4.78, 5) is 11.6. The molecular formula is C13H20N2O2. The fraction of sp³-hybridized carbons (Fsp3) is 0.462. The van der Waals surface area contributed by atoms with Gasteiger partial charge in [-0.1, -0.05) is 30.3 Å². The highest BCUT2D eigenvalue weighted by Gasteiger charge is 2.07. The van der Waals surface area contributed by atoms with E-state index in [1.807, 2.05) is 37.3 Å². The third-order valence-electron chi connectivity index (χ3n) is 2.45. The summed E-state index contributed by atoms with van der Waals surface area (Å²) in [6.07, 6.45) is 0. The normalized spacial score (nSPS) is 12.1. The van der Waals surface area contributed by atoms with Crippen LogP contribution in [0.4, 0.5) is 0 Å². The zero-order chi connectivity index (χ0) is 12.5. The van der Waals surface area contributed by atoms with E-state index >= 15 is 0 Å². The van der Waals surface area contributed by atoms with Gasteiger partial charge in [0.2, 0.25) is 5.91 Å². The minimum Gasteiger partial charge on any atom is -0.383 e. The first-order chi connectivity index (χ1) is 8.24. The van der Waals surface area contributed by atoms with E-state index in [0.29, 0.717) is 19.7 Å². The van der Waals surface area contributed by atoms with E-state index in [9.17, 15) is 4.79 Å². The average molecular weight is 236 g/mol. The van der Waals surface area contributed by atoms with Gasteiger partial charge in [0.15, 0.2) is 0 Å². The number of ether oxygens (including phenoxy) is 1. The highest BCUT2D eigenvalue weighted by atomic mass is 16.5. The number of carbonyl (C=O) groups is 1. The molecule has 1 rings (SSSR count). The number of methoxy groups -OCH3 is 1. The smallest absolute Gasteiger partial charge is 0.234 e. The molecule has 0 fully saturated rings. The first-order valence-corrected chi connectivity index (χ1v) is 5.78. The van der Waals surface area contributed by atoms with E-state index in [-0.39, 0.29) is 11.9 Å². The van der Waals surface area contributed by atoms with Gasteiger partial charge in [-0.3, -0.25) is 4.79 Å². The van der Waals surface area contributed by atoms with Gasteiger partial charge in [-0.15, -0.1) is 0 Å². The Morgan fingerprint density at radius 2 is 2.06 bits per heavy atom. The molecular weight excluding hydrogens is 216 g/mol. The molecule has 0 aliphatic rings. The molecule has 1 atom stereocenters. The van der Waals surface area contributed by atoms with Crippen molar-refractivity contribution < 1.29 is 9.53 Å². The maximum atomic E-state index is 11.6. The standard InChI is InChI=1S/C13H20N2O2/c1-11(12-6-4-3-5-7-12)15-13(16)10-14-8-9-17-2/h3-7,11,14H,8-10H2,1-2H3,(H,15,16). The van der Waals surface area contributed by atoms with Gasteiger partial charge in [0.05, 0.1) is 19.2 Å². The predicted molar refractivity (Wildman–Crippen MR) is 67.7 cm³/mol. The maximum Gasteiger partial charge on any atom is 0.234 e. The highest BCUT2D eigenvalue weighted by Crippen LogP contribution is 2.10. The van der Waals surface area contributed by atoms with Crippen molar-refractivity contribution in [2.24, 2.45) is 0 Å². The molecule has 0 aliphatic heterocycles. The van der Waals surface area contributed by atoms with Crippen LogP contribution in [0, 0.1) is 0 Å². The first-order valence-electron chi connectivity index (χ1n) is 5.78. The van der Waals surface area contributed by atoms with Crippen LogP contribution in [-0.2, 0) is 9.53 Å². The second-order valence-electron chi connectivity index (χ2n) is 3.87. The van der Waals surface area contributed by atoms with Crippen molar-refractivity contribution >= 4 is 5.91 Å². The van der Waals surface area contributed by atoms with Gasteiger partial charge in [-0.05, 0) is 12.5 Å². The second kappa shape index (κ2) is 7.81. The van der Waals surface area contributed by atoms with Crippen LogP contribution in [0.2, 0.25) is 0 Å². The topological polar surface area (TPSA) is 50.4 Å². The monoisotopic (exact) mass is 236 g/mol. The Kier molecular flexibility index (Phi) is 6.29. The molecule has 1 aromatic rings. The summed E-state index contributed by atoms with van der Waals surface area (Å²) in [6, 6.07) is 9.94. The molecule has 0 aliphatic carbocycles. The number of rotatable bonds is 7. The third-order valence-corrected chi connectivity index (χ3v) is 2.45. The maximum absolute atomic E-state index is 11.6. The molecule has 0 heterocycles. The van der Waals surface area contributed by atoms with Crippen LogP contribution in [0.1, 0.15) is 18.5 Å². The van der Waals surface area contributed by atoms with Gasteiger partial charge in [0.1, 0.15) is 0 Å². The Morgan fingerprint density at radius 1 is 1.35 bits per heavy atom. The molecule has 4 nitrogen and oxygen atoms in total. The van der Waals surface area contributed by atoms with Crippen molar-refractivity contribution in [2.75, 3.05) is 26.8 Å². The number of hydrogen-bond donors (Lipinski definition) is 2. The first kappa shape index (κ1) is 13.7. The number of carbonyl (C=O) groups excluding carboxylic acids is 1. The zero-order valence-corrected chi connectivity index (χ0v) is 10.4. The molecule has 1 aromatic carbocycles. The van der Waals surface area contributed by atoms with Gasteiger partial charge in [0, 0.05) is 13.7 Å². The van der Waals surface area contributed by atoms with Crippen LogP contribution in [0.15, 0.2) is 30.3 Å². The van der Waals surface area contributed by atoms with Crippen molar-refractivity contribution in [2.45, 2.75) is 13.0 Å². The average Bonchev–Trinajstić information content (AvgIpc) is 2.36. The van der Waals surface area contributed by atoms with E-state index in [2.05, 4.69) is 10.6 Å². The number of benzene rings is 1.